The summed E-state index contributed by atoms with van der Waals surface area (Å²) in [5.41, 5.74) is -2.13. The molecule has 0 saturated heterocycles. The maximum Gasteiger partial charge on any atom is 0.419 e. The van der Waals surface area contributed by atoms with Crippen LogP contribution in [0.3, 0.4) is 0 Å². The van der Waals surface area contributed by atoms with Crippen LogP contribution in [0.5, 0.6) is 5.75 Å². The highest BCUT2D eigenvalue weighted by molar-refractivity contribution is 7.92. The Balaban J connectivity index is 2.29. The Bertz CT molecular complexity index is 979. The number of carboxylic acids is 1. The van der Waals surface area contributed by atoms with Crippen molar-refractivity contribution in [2.45, 2.75) is 11.1 Å². The number of alkyl halides is 3. The summed E-state index contributed by atoms with van der Waals surface area (Å²) in [6.07, 6.45) is -5.00. The monoisotopic (exact) mass is 427 g/mol. The molecule has 0 aliphatic carbocycles. The van der Waals surface area contributed by atoms with Gasteiger partial charge in [-0.25, -0.2) is 17.6 Å². The second-order valence-corrected chi connectivity index (χ2v) is 7.16. The van der Waals surface area contributed by atoms with Crippen molar-refractivity contribution in [3.05, 3.63) is 52.8 Å². The first kappa shape index (κ1) is 20.8. The summed E-state index contributed by atoms with van der Waals surface area (Å²) in [6, 6.07) is 4.66. The van der Waals surface area contributed by atoms with Gasteiger partial charge in [-0.3, -0.25) is 4.72 Å². The van der Waals surface area contributed by atoms with Gasteiger partial charge in [0.15, 0.2) is 6.61 Å². The van der Waals surface area contributed by atoms with Crippen LogP contribution in [0.25, 0.3) is 0 Å². The molecule has 0 saturated carbocycles. The molecule has 0 heterocycles. The first-order valence-electron chi connectivity index (χ1n) is 6.94. The van der Waals surface area contributed by atoms with E-state index in [0.29, 0.717) is 12.1 Å². The lowest BCUT2D eigenvalue weighted by Crippen LogP contribution is -2.15. The first-order chi connectivity index (χ1) is 12.4. The van der Waals surface area contributed by atoms with Crippen LogP contribution in [-0.2, 0) is 21.0 Å². The van der Waals surface area contributed by atoms with Crippen LogP contribution in [-0.4, -0.2) is 26.1 Å². The van der Waals surface area contributed by atoms with E-state index in [1.54, 1.807) is 0 Å². The normalized spacial score (nSPS) is 11.9. The molecule has 0 unspecified atom stereocenters. The lowest BCUT2D eigenvalue weighted by Gasteiger charge is -2.13. The number of nitrogens with one attached hydrogen (secondary N) is 1. The Labute approximate surface area is 155 Å². The maximum atomic E-state index is 13.3. The Hall–Kier alpha value is -2.53. The fraction of sp³-hybridized carbons (Fsp3) is 0.133. The van der Waals surface area contributed by atoms with Crippen molar-refractivity contribution < 1.29 is 40.6 Å². The largest absolute Gasteiger partial charge is 0.480 e. The van der Waals surface area contributed by atoms with E-state index in [-0.39, 0.29) is 10.8 Å². The van der Waals surface area contributed by atoms with Crippen molar-refractivity contribution in [1.82, 2.24) is 0 Å². The van der Waals surface area contributed by atoms with E-state index >= 15 is 0 Å². The average molecular weight is 428 g/mol. The number of anilines is 1. The van der Waals surface area contributed by atoms with Crippen LogP contribution in [0.1, 0.15) is 5.56 Å². The van der Waals surface area contributed by atoms with Gasteiger partial charge in [-0.2, -0.15) is 13.2 Å². The molecular formula is C15H10ClF4NO5S. The summed E-state index contributed by atoms with van der Waals surface area (Å²) in [7, 11) is -4.36. The lowest BCUT2D eigenvalue weighted by atomic mass is 10.2. The standard InChI is InChI=1S/C15H10ClF4NO5S/c16-11-6-9(2-4-13(11)26-7-14(22)23)27(24,25)21-8-1-3-12(17)10(5-8)15(18,19)20/h1-6,21H,7H2,(H,22,23). The number of ether oxygens (including phenoxy) is 1. The van der Waals surface area contributed by atoms with Crippen molar-refractivity contribution >= 4 is 33.3 Å². The predicted molar refractivity (Wildman–Crippen MR) is 86.8 cm³/mol. The number of hydrogen-bond acceptors (Lipinski definition) is 4. The zero-order chi connectivity index (χ0) is 20.4. The van der Waals surface area contributed by atoms with E-state index in [9.17, 15) is 30.8 Å². The molecule has 146 valence electrons. The Kier molecular flexibility index (Phi) is 5.85. The first-order valence-corrected chi connectivity index (χ1v) is 8.80. The highest BCUT2D eigenvalue weighted by Gasteiger charge is 2.34. The van der Waals surface area contributed by atoms with Gasteiger partial charge in [0.25, 0.3) is 10.0 Å². The van der Waals surface area contributed by atoms with Gasteiger partial charge >= 0.3 is 12.1 Å². The Morgan fingerprint density at radius 3 is 2.41 bits per heavy atom. The van der Waals surface area contributed by atoms with E-state index in [0.717, 1.165) is 24.3 Å². The third kappa shape index (κ3) is 5.23. The van der Waals surface area contributed by atoms with Crippen molar-refractivity contribution in [2.24, 2.45) is 0 Å². The van der Waals surface area contributed by atoms with Gasteiger partial charge < -0.3 is 9.84 Å². The molecular weight excluding hydrogens is 418 g/mol. The topological polar surface area (TPSA) is 92.7 Å². The van der Waals surface area contributed by atoms with Gasteiger partial charge in [0.2, 0.25) is 0 Å². The third-order valence-corrected chi connectivity index (χ3v) is 4.76. The molecule has 0 bridgehead atoms. The second-order valence-electron chi connectivity index (χ2n) is 5.07. The zero-order valence-corrected chi connectivity index (χ0v) is 14.6. The highest BCUT2D eigenvalue weighted by atomic mass is 35.5. The molecule has 0 atom stereocenters. The van der Waals surface area contributed by atoms with Gasteiger partial charge in [-0.05, 0) is 36.4 Å². The number of sulfonamides is 1. The van der Waals surface area contributed by atoms with Crippen LogP contribution >= 0.6 is 11.6 Å². The summed E-state index contributed by atoms with van der Waals surface area (Å²) >= 11 is 5.82. The molecule has 2 N–H and O–H groups in total. The molecule has 0 aliphatic rings. The minimum atomic E-state index is -5.00. The van der Waals surface area contributed by atoms with E-state index in [1.165, 1.54) is 0 Å². The highest BCUT2D eigenvalue weighted by Crippen LogP contribution is 2.34. The van der Waals surface area contributed by atoms with Gasteiger partial charge in [0.05, 0.1) is 15.5 Å². The number of aliphatic carboxylic acids is 1. The van der Waals surface area contributed by atoms with Crippen LogP contribution in [0.2, 0.25) is 5.02 Å². The van der Waals surface area contributed by atoms with Gasteiger partial charge in [0.1, 0.15) is 11.6 Å². The Morgan fingerprint density at radius 1 is 1.19 bits per heavy atom. The average Bonchev–Trinajstić information content (AvgIpc) is 2.54. The number of carbonyl (C=O) groups is 1. The van der Waals surface area contributed by atoms with Crippen molar-refractivity contribution in [1.29, 1.82) is 0 Å². The molecule has 0 spiro atoms. The summed E-state index contributed by atoms with van der Waals surface area (Å²) in [4.78, 5) is 10.0. The van der Waals surface area contributed by atoms with Crippen LogP contribution in [0.15, 0.2) is 41.3 Å². The molecule has 0 aromatic heterocycles. The molecule has 6 nitrogen and oxygen atoms in total. The number of carboxylic acid groups (broad SMARTS) is 1. The minimum Gasteiger partial charge on any atom is -0.480 e. The predicted octanol–water partition coefficient (Wildman–Crippen LogP) is 3.76. The van der Waals surface area contributed by atoms with E-state index in [1.807, 2.05) is 4.72 Å². The third-order valence-electron chi connectivity index (χ3n) is 3.09. The Morgan fingerprint density at radius 2 is 1.85 bits per heavy atom. The van der Waals surface area contributed by atoms with Crippen molar-refractivity contribution in [3.63, 3.8) is 0 Å². The van der Waals surface area contributed by atoms with E-state index in [4.69, 9.17) is 21.4 Å². The van der Waals surface area contributed by atoms with Gasteiger partial charge in [-0.1, -0.05) is 11.6 Å². The van der Waals surface area contributed by atoms with E-state index in [2.05, 4.69) is 0 Å². The molecule has 27 heavy (non-hydrogen) atoms. The number of rotatable bonds is 6. The quantitative estimate of drug-likeness (QED) is 0.685. The smallest absolute Gasteiger partial charge is 0.419 e. The zero-order valence-electron chi connectivity index (χ0n) is 13.0. The van der Waals surface area contributed by atoms with Gasteiger partial charge in [0, 0.05) is 5.69 Å². The fourth-order valence-electron chi connectivity index (χ4n) is 1.93. The number of benzene rings is 2. The number of hydrogen-bond donors (Lipinski definition) is 2. The van der Waals surface area contributed by atoms with Crippen LogP contribution in [0.4, 0.5) is 23.2 Å². The summed E-state index contributed by atoms with van der Waals surface area (Å²) in [5.74, 6) is -2.92. The lowest BCUT2D eigenvalue weighted by molar-refractivity contribution is -0.140. The number of halogens is 5. The van der Waals surface area contributed by atoms with Gasteiger partial charge in [-0.15, -0.1) is 0 Å². The molecule has 0 aliphatic heterocycles. The molecule has 0 amide bonds. The molecule has 0 radical (unpaired) electrons. The molecule has 2 aromatic rings. The molecule has 2 aromatic carbocycles. The van der Waals surface area contributed by atoms with Crippen LogP contribution < -0.4 is 9.46 Å². The van der Waals surface area contributed by atoms with Crippen molar-refractivity contribution in [3.8, 4) is 5.75 Å². The van der Waals surface area contributed by atoms with E-state index < -0.39 is 50.7 Å². The van der Waals surface area contributed by atoms with Crippen molar-refractivity contribution in [2.75, 3.05) is 11.3 Å². The summed E-state index contributed by atoms with van der Waals surface area (Å²) in [5, 5.41) is 8.30. The summed E-state index contributed by atoms with van der Waals surface area (Å²) < 4.78 is 82.8. The molecule has 0 fully saturated rings. The maximum absolute atomic E-state index is 13.3. The molecule has 12 heteroatoms. The molecule has 2 rings (SSSR count). The summed E-state index contributed by atoms with van der Waals surface area (Å²) in [6.45, 7) is -0.708. The van der Waals surface area contributed by atoms with Crippen LogP contribution in [0, 0.1) is 5.82 Å². The second kappa shape index (κ2) is 7.61. The fourth-order valence-corrected chi connectivity index (χ4v) is 3.30. The minimum absolute atomic E-state index is 0.0980. The SMILES string of the molecule is O=C(O)COc1ccc(S(=O)(=O)Nc2ccc(F)c(C(F)(F)F)c2)cc1Cl.